The number of aliphatic imine (C=N–C) groups is 1. The minimum atomic E-state index is 0. The number of aryl methyl sites for hydroxylation is 1. The van der Waals surface area contributed by atoms with Crippen LogP contribution in [0.25, 0.3) is 0 Å². The van der Waals surface area contributed by atoms with E-state index in [0.717, 1.165) is 17.0 Å². The Balaban J connectivity index is 0.00000225. The number of halogens is 2. The van der Waals surface area contributed by atoms with Gasteiger partial charge in [-0.25, -0.2) is 0 Å². The van der Waals surface area contributed by atoms with Crippen molar-refractivity contribution in [3.63, 3.8) is 0 Å². The van der Waals surface area contributed by atoms with Gasteiger partial charge < -0.3 is 14.8 Å². The molecule has 0 aliphatic carbocycles. The van der Waals surface area contributed by atoms with E-state index in [0.29, 0.717) is 0 Å². The lowest BCUT2D eigenvalue weighted by Gasteiger charge is -2.20. The van der Waals surface area contributed by atoms with Crippen LogP contribution in [0.2, 0.25) is 0 Å². The number of hydrogen-bond acceptors (Lipinski definition) is 1. The van der Waals surface area contributed by atoms with Gasteiger partial charge in [0.15, 0.2) is 5.96 Å². The van der Waals surface area contributed by atoms with Crippen molar-refractivity contribution >= 4 is 45.9 Å². The van der Waals surface area contributed by atoms with Crippen molar-refractivity contribution in [1.82, 2.24) is 14.8 Å². The van der Waals surface area contributed by atoms with Gasteiger partial charge in [0, 0.05) is 44.6 Å². The highest BCUT2D eigenvalue weighted by Gasteiger charge is 2.07. The molecule has 1 aromatic rings. The van der Waals surface area contributed by atoms with Crippen molar-refractivity contribution in [3.05, 3.63) is 22.4 Å². The summed E-state index contributed by atoms with van der Waals surface area (Å²) in [7, 11) is 7.71. The lowest BCUT2D eigenvalue weighted by molar-refractivity contribution is 0.467. The molecule has 0 unspecified atom stereocenters. The molecule has 6 heteroatoms. The Morgan fingerprint density at radius 1 is 1.62 bits per heavy atom. The molecule has 1 rings (SSSR count). The van der Waals surface area contributed by atoms with E-state index in [2.05, 4.69) is 41.8 Å². The lowest BCUT2D eigenvalue weighted by atomic mass is 10.4. The van der Waals surface area contributed by atoms with Crippen molar-refractivity contribution in [2.45, 2.75) is 6.54 Å². The van der Waals surface area contributed by atoms with E-state index in [-0.39, 0.29) is 24.0 Å². The van der Waals surface area contributed by atoms with E-state index >= 15 is 0 Å². The topological polar surface area (TPSA) is 32.6 Å². The van der Waals surface area contributed by atoms with Gasteiger partial charge in [-0.2, -0.15) is 0 Å². The molecule has 0 spiro atoms. The quantitative estimate of drug-likeness (QED) is 0.468. The Kier molecular flexibility index (Phi) is 7.05. The number of hydrogen-bond donors (Lipinski definition) is 1. The molecule has 0 amide bonds. The third-order valence-corrected chi connectivity index (χ3v) is 2.70. The number of aromatic nitrogens is 1. The van der Waals surface area contributed by atoms with Gasteiger partial charge in [-0.3, -0.25) is 4.99 Å². The summed E-state index contributed by atoms with van der Waals surface area (Å²) in [6.07, 6.45) is 2.05. The van der Waals surface area contributed by atoms with Crippen LogP contribution in [0.15, 0.2) is 21.7 Å². The molecule has 0 aliphatic heterocycles. The monoisotopic (exact) mass is 400 g/mol. The van der Waals surface area contributed by atoms with Crippen LogP contribution in [0.4, 0.5) is 0 Å². The molecule has 16 heavy (non-hydrogen) atoms. The molecule has 1 heterocycles. The molecule has 0 atom stereocenters. The number of nitrogens with zero attached hydrogens (tertiary/aromatic N) is 3. The lowest BCUT2D eigenvalue weighted by Crippen LogP contribution is -2.36. The molecule has 92 valence electrons. The van der Waals surface area contributed by atoms with E-state index in [1.165, 1.54) is 5.69 Å². The summed E-state index contributed by atoms with van der Waals surface area (Å²) >= 11 is 3.46. The van der Waals surface area contributed by atoms with Crippen LogP contribution in [0.3, 0.4) is 0 Å². The van der Waals surface area contributed by atoms with Crippen molar-refractivity contribution in [3.8, 4) is 0 Å². The largest absolute Gasteiger partial charge is 0.359 e. The molecule has 0 aromatic carbocycles. The van der Waals surface area contributed by atoms with E-state index < -0.39 is 0 Å². The van der Waals surface area contributed by atoms with Gasteiger partial charge in [0.25, 0.3) is 0 Å². The molecule has 1 aromatic heterocycles. The van der Waals surface area contributed by atoms with E-state index in [4.69, 9.17) is 0 Å². The van der Waals surface area contributed by atoms with Crippen LogP contribution in [0.5, 0.6) is 0 Å². The van der Waals surface area contributed by atoms with Crippen molar-refractivity contribution in [1.29, 1.82) is 0 Å². The van der Waals surface area contributed by atoms with Gasteiger partial charge in [-0.1, -0.05) is 0 Å². The molecule has 0 saturated carbocycles. The van der Waals surface area contributed by atoms with Crippen molar-refractivity contribution in [2.24, 2.45) is 12.0 Å². The zero-order valence-electron chi connectivity index (χ0n) is 9.99. The van der Waals surface area contributed by atoms with Gasteiger partial charge in [0.1, 0.15) is 0 Å². The SMILES string of the molecule is CN=C(NC)N(C)Cc1cc(Br)cn1C.I. The fourth-order valence-electron chi connectivity index (χ4n) is 1.51. The van der Waals surface area contributed by atoms with E-state index in [1.807, 2.05) is 27.3 Å². The van der Waals surface area contributed by atoms with E-state index in [9.17, 15) is 0 Å². The maximum atomic E-state index is 4.15. The molecule has 0 saturated heterocycles. The van der Waals surface area contributed by atoms with Crippen LogP contribution < -0.4 is 5.32 Å². The van der Waals surface area contributed by atoms with Gasteiger partial charge in [-0.15, -0.1) is 24.0 Å². The second-order valence-corrected chi connectivity index (χ2v) is 4.33. The minimum absolute atomic E-state index is 0. The normalized spacial score (nSPS) is 10.9. The van der Waals surface area contributed by atoms with Crippen molar-refractivity contribution in [2.75, 3.05) is 21.1 Å². The summed E-state index contributed by atoms with van der Waals surface area (Å²) in [5.41, 5.74) is 1.24. The Hall–Kier alpha value is -0.240. The summed E-state index contributed by atoms with van der Waals surface area (Å²) in [5, 5.41) is 3.05. The maximum Gasteiger partial charge on any atom is 0.193 e. The van der Waals surface area contributed by atoms with Crippen LogP contribution in [0, 0.1) is 0 Å². The molecule has 4 nitrogen and oxygen atoms in total. The highest BCUT2D eigenvalue weighted by Crippen LogP contribution is 2.14. The zero-order valence-corrected chi connectivity index (χ0v) is 13.9. The molecule has 0 fully saturated rings. The average Bonchev–Trinajstić information content (AvgIpc) is 2.47. The Morgan fingerprint density at radius 2 is 2.25 bits per heavy atom. The molecule has 1 N–H and O–H groups in total. The van der Waals surface area contributed by atoms with Crippen LogP contribution >= 0.6 is 39.9 Å². The number of nitrogens with one attached hydrogen (secondary N) is 1. The Morgan fingerprint density at radius 3 is 2.62 bits per heavy atom. The van der Waals surface area contributed by atoms with Crippen LogP contribution in [-0.4, -0.2) is 36.6 Å². The first-order chi connectivity index (χ1) is 7.08. The zero-order chi connectivity index (χ0) is 11.4. The number of guanidine groups is 1. The summed E-state index contributed by atoms with van der Waals surface area (Å²) in [6.45, 7) is 0.829. The third-order valence-electron chi connectivity index (χ3n) is 2.27. The predicted octanol–water partition coefficient (Wildman–Crippen LogP) is 2.04. The second kappa shape index (κ2) is 7.16. The third kappa shape index (κ3) is 3.97. The molecular weight excluding hydrogens is 383 g/mol. The van der Waals surface area contributed by atoms with Crippen molar-refractivity contribution < 1.29 is 0 Å². The first-order valence-corrected chi connectivity index (χ1v) is 5.54. The second-order valence-electron chi connectivity index (χ2n) is 3.41. The summed E-state index contributed by atoms with van der Waals surface area (Å²) in [6, 6.07) is 2.11. The first kappa shape index (κ1) is 15.8. The van der Waals surface area contributed by atoms with E-state index in [1.54, 1.807) is 7.05 Å². The van der Waals surface area contributed by atoms with Gasteiger partial charge >= 0.3 is 0 Å². The Bertz CT molecular complexity index is 362. The maximum absolute atomic E-state index is 4.15. The van der Waals surface area contributed by atoms with Crippen LogP contribution in [-0.2, 0) is 13.6 Å². The average molecular weight is 401 g/mol. The fraction of sp³-hybridized carbons (Fsp3) is 0.500. The van der Waals surface area contributed by atoms with Gasteiger partial charge in [0.05, 0.1) is 6.54 Å². The van der Waals surface area contributed by atoms with Gasteiger partial charge in [0.2, 0.25) is 0 Å². The minimum Gasteiger partial charge on any atom is -0.359 e. The first-order valence-electron chi connectivity index (χ1n) is 4.75. The summed E-state index contributed by atoms with van der Waals surface area (Å²) in [5.74, 6) is 0.882. The molecule has 0 bridgehead atoms. The highest BCUT2D eigenvalue weighted by atomic mass is 127. The Labute approximate surface area is 122 Å². The molecular formula is C10H18BrIN4. The van der Waals surface area contributed by atoms with Gasteiger partial charge in [-0.05, 0) is 22.0 Å². The number of rotatable bonds is 2. The standard InChI is InChI=1S/C10H17BrN4.HI/c1-12-10(13-2)15(4)7-9-5-8(11)6-14(9)3;/h5-6H,7H2,1-4H3,(H,12,13);1H. The molecule has 0 aliphatic rings. The smallest absolute Gasteiger partial charge is 0.193 e. The fourth-order valence-corrected chi connectivity index (χ4v) is 2.09. The highest BCUT2D eigenvalue weighted by molar-refractivity contribution is 14.0. The van der Waals surface area contributed by atoms with Crippen LogP contribution in [0.1, 0.15) is 5.69 Å². The summed E-state index contributed by atoms with van der Waals surface area (Å²) in [4.78, 5) is 6.22. The predicted molar refractivity (Wildman–Crippen MR) is 82.4 cm³/mol. The molecule has 0 radical (unpaired) electrons. The summed E-state index contributed by atoms with van der Waals surface area (Å²) < 4.78 is 3.21.